The van der Waals surface area contributed by atoms with Gasteiger partial charge in [0.05, 0.1) is 16.8 Å². The van der Waals surface area contributed by atoms with Crippen molar-refractivity contribution in [2.45, 2.75) is 18.1 Å². The molecule has 21 heavy (non-hydrogen) atoms. The number of thioether (sulfide) groups is 1. The van der Waals surface area contributed by atoms with Crippen LogP contribution in [0.2, 0.25) is 0 Å². The summed E-state index contributed by atoms with van der Waals surface area (Å²) in [7, 11) is 0. The quantitative estimate of drug-likeness (QED) is 0.685. The predicted molar refractivity (Wildman–Crippen MR) is 85.9 cm³/mol. The fraction of sp³-hybridized carbons (Fsp3) is 0.429. The van der Waals surface area contributed by atoms with E-state index in [0.717, 1.165) is 31.4 Å². The van der Waals surface area contributed by atoms with Crippen LogP contribution in [0.15, 0.2) is 23.0 Å². The van der Waals surface area contributed by atoms with Gasteiger partial charge in [-0.2, -0.15) is 0 Å². The van der Waals surface area contributed by atoms with Crippen molar-refractivity contribution in [3.05, 3.63) is 28.7 Å². The van der Waals surface area contributed by atoms with E-state index in [9.17, 15) is 9.59 Å². The van der Waals surface area contributed by atoms with Crippen LogP contribution >= 0.6 is 11.8 Å². The third kappa shape index (κ3) is 3.68. The number of benzene rings is 1. The van der Waals surface area contributed by atoms with Gasteiger partial charge in [-0.3, -0.25) is 4.79 Å². The average molecular weight is 306 g/mol. The molecule has 4 N–H and O–H groups in total. The Bertz CT molecular complexity index is 688. The number of rotatable bonds is 4. The minimum absolute atomic E-state index is 0.00392. The van der Waals surface area contributed by atoms with E-state index >= 15 is 0 Å². The summed E-state index contributed by atoms with van der Waals surface area (Å²) in [4.78, 5) is 28.5. The van der Waals surface area contributed by atoms with E-state index in [0.29, 0.717) is 22.2 Å². The van der Waals surface area contributed by atoms with Crippen molar-refractivity contribution in [3.63, 3.8) is 0 Å². The number of hydrogen-bond acceptors (Lipinski definition) is 4. The highest BCUT2D eigenvalue weighted by molar-refractivity contribution is 8.00. The number of anilines is 1. The lowest BCUT2D eigenvalue weighted by Gasteiger charge is -2.21. The maximum Gasteiger partial charge on any atom is 0.323 e. The Morgan fingerprint density at radius 2 is 2.00 bits per heavy atom. The number of hydrogen-bond donors (Lipinski definition) is 4. The summed E-state index contributed by atoms with van der Waals surface area (Å²) in [6.45, 7) is 2.08. The average Bonchev–Trinajstić information content (AvgIpc) is 2.85. The van der Waals surface area contributed by atoms with E-state index in [4.69, 9.17) is 0 Å². The number of aromatic amines is 2. The predicted octanol–water partition coefficient (Wildman–Crippen LogP) is 1.28. The number of carbonyl (C=O) groups excluding carboxylic acids is 1. The van der Waals surface area contributed by atoms with Crippen LogP contribution in [0.5, 0.6) is 0 Å². The molecule has 0 atom stereocenters. The van der Waals surface area contributed by atoms with Crippen molar-refractivity contribution in [2.24, 2.45) is 0 Å². The minimum atomic E-state index is -0.241. The van der Waals surface area contributed by atoms with Gasteiger partial charge in [0.25, 0.3) is 0 Å². The summed E-state index contributed by atoms with van der Waals surface area (Å²) in [6, 6.07) is 5.34. The summed E-state index contributed by atoms with van der Waals surface area (Å²) in [6.07, 6.45) is 2.24. The van der Waals surface area contributed by atoms with Gasteiger partial charge in [0.2, 0.25) is 5.91 Å². The number of imidazole rings is 1. The van der Waals surface area contributed by atoms with Gasteiger partial charge in [-0.15, -0.1) is 11.8 Å². The van der Waals surface area contributed by atoms with Crippen LogP contribution in [-0.2, 0) is 4.79 Å². The number of aromatic nitrogens is 2. The van der Waals surface area contributed by atoms with Gasteiger partial charge in [-0.05, 0) is 44.1 Å². The van der Waals surface area contributed by atoms with Gasteiger partial charge in [-0.25, -0.2) is 4.79 Å². The van der Waals surface area contributed by atoms with Gasteiger partial charge >= 0.3 is 5.69 Å². The first-order chi connectivity index (χ1) is 10.2. The molecular formula is C14H18N4O2S. The van der Waals surface area contributed by atoms with Crippen molar-refractivity contribution in [1.82, 2.24) is 15.3 Å². The van der Waals surface area contributed by atoms with Gasteiger partial charge in [0, 0.05) is 10.9 Å². The molecule has 0 bridgehead atoms. The first-order valence-corrected chi connectivity index (χ1v) is 8.10. The molecule has 1 fully saturated rings. The molecule has 1 aromatic carbocycles. The molecule has 0 radical (unpaired) electrons. The Labute approximate surface area is 126 Å². The zero-order valence-corrected chi connectivity index (χ0v) is 12.4. The molecule has 0 spiro atoms. The summed E-state index contributed by atoms with van der Waals surface area (Å²) in [5, 5.41) is 6.76. The second-order valence-corrected chi connectivity index (χ2v) is 6.44. The normalized spacial score (nSPS) is 16.2. The lowest BCUT2D eigenvalue weighted by atomic mass is 10.2. The van der Waals surface area contributed by atoms with Gasteiger partial charge in [-0.1, -0.05) is 0 Å². The first-order valence-electron chi connectivity index (χ1n) is 7.05. The maximum absolute atomic E-state index is 12.0. The van der Waals surface area contributed by atoms with E-state index in [2.05, 4.69) is 20.6 Å². The molecule has 112 valence electrons. The SMILES string of the molecule is O=C(CSC1CCNCC1)Nc1ccc2[nH]c(=O)[nH]c2c1. The second-order valence-electron chi connectivity index (χ2n) is 5.15. The molecule has 0 saturated carbocycles. The van der Waals surface area contributed by atoms with E-state index in [-0.39, 0.29) is 11.6 Å². The fourth-order valence-corrected chi connectivity index (χ4v) is 3.49. The Morgan fingerprint density at radius 3 is 2.81 bits per heavy atom. The monoisotopic (exact) mass is 306 g/mol. The molecule has 3 rings (SSSR count). The van der Waals surface area contributed by atoms with Gasteiger partial charge in [0.15, 0.2) is 0 Å². The maximum atomic E-state index is 12.0. The highest BCUT2D eigenvalue weighted by atomic mass is 32.2. The topological polar surface area (TPSA) is 89.8 Å². The first kappa shape index (κ1) is 14.2. The van der Waals surface area contributed by atoms with E-state index in [1.807, 2.05) is 0 Å². The number of piperidine rings is 1. The summed E-state index contributed by atoms with van der Waals surface area (Å²) in [5.74, 6) is 0.461. The second kappa shape index (κ2) is 6.36. The molecule has 6 nitrogen and oxygen atoms in total. The Hall–Kier alpha value is -1.73. The molecule has 0 aliphatic carbocycles. The molecule has 1 aliphatic rings. The van der Waals surface area contributed by atoms with Crippen molar-refractivity contribution < 1.29 is 4.79 Å². The third-order valence-corrected chi connectivity index (χ3v) is 4.91. The zero-order chi connectivity index (χ0) is 14.7. The molecule has 1 saturated heterocycles. The smallest absolute Gasteiger partial charge is 0.323 e. The molecule has 0 unspecified atom stereocenters. The summed E-state index contributed by atoms with van der Waals surface area (Å²) >= 11 is 1.72. The van der Waals surface area contributed by atoms with Crippen LogP contribution in [0.25, 0.3) is 11.0 Å². The summed E-state index contributed by atoms with van der Waals surface area (Å²) < 4.78 is 0. The van der Waals surface area contributed by atoms with E-state index in [1.54, 1.807) is 30.0 Å². The van der Waals surface area contributed by atoms with Crippen LogP contribution in [0.4, 0.5) is 5.69 Å². The van der Waals surface area contributed by atoms with Gasteiger partial charge < -0.3 is 20.6 Å². The molecule has 1 aliphatic heterocycles. The minimum Gasteiger partial charge on any atom is -0.325 e. The largest absolute Gasteiger partial charge is 0.325 e. The number of amides is 1. The Balaban J connectivity index is 1.56. The third-order valence-electron chi connectivity index (χ3n) is 3.54. The van der Waals surface area contributed by atoms with Gasteiger partial charge in [0.1, 0.15) is 0 Å². The molecule has 2 aromatic rings. The van der Waals surface area contributed by atoms with Crippen molar-refractivity contribution >= 4 is 34.4 Å². The Morgan fingerprint density at radius 1 is 1.24 bits per heavy atom. The zero-order valence-electron chi connectivity index (χ0n) is 11.6. The number of fused-ring (bicyclic) bond motifs is 1. The van der Waals surface area contributed by atoms with E-state index in [1.165, 1.54) is 0 Å². The van der Waals surface area contributed by atoms with E-state index < -0.39 is 0 Å². The van der Waals surface area contributed by atoms with Crippen molar-refractivity contribution in [3.8, 4) is 0 Å². The molecule has 7 heteroatoms. The summed E-state index contributed by atoms with van der Waals surface area (Å²) in [5.41, 5.74) is 1.90. The van der Waals surface area contributed by atoms with Crippen molar-refractivity contribution in [2.75, 3.05) is 24.2 Å². The number of carbonyl (C=O) groups is 1. The number of nitrogens with one attached hydrogen (secondary N) is 4. The van der Waals surface area contributed by atoms with Crippen LogP contribution in [0.3, 0.4) is 0 Å². The Kier molecular flexibility index (Phi) is 4.31. The molecule has 1 amide bonds. The fourth-order valence-electron chi connectivity index (χ4n) is 2.46. The molecular weight excluding hydrogens is 288 g/mol. The van der Waals surface area contributed by atoms with Crippen LogP contribution in [0.1, 0.15) is 12.8 Å². The number of H-pyrrole nitrogens is 2. The standard InChI is InChI=1S/C14H18N4O2S/c19-13(8-21-10-3-5-15-6-4-10)16-9-1-2-11-12(7-9)18-14(20)17-11/h1-2,7,10,15H,3-6,8H2,(H,16,19)(H2,17,18,20). The van der Waals surface area contributed by atoms with Crippen LogP contribution in [0, 0.1) is 0 Å². The van der Waals surface area contributed by atoms with Crippen LogP contribution < -0.4 is 16.3 Å². The van der Waals surface area contributed by atoms with Crippen molar-refractivity contribution in [1.29, 1.82) is 0 Å². The highest BCUT2D eigenvalue weighted by Crippen LogP contribution is 2.20. The highest BCUT2D eigenvalue weighted by Gasteiger charge is 2.15. The molecule has 1 aromatic heterocycles. The molecule has 2 heterocycles. The lowest BCUT2D eigenvalue weighted by molar-refractivity contribution is -0.113. The van der Waals surface area contributed by atoms with Crippen LogP contribution in [-0.4, -0.2) is 40.0 Å². The lowest BCUT2D eigenvalue weighted by Crippen LogP contribution is -2.30.